The first-order valence-corrected chi connectivity index (χ1v) is 20.0. The summed E-state index contributed by atoms with van der Waals surface area (Å²) < 4.78 is 8.86. The van der Waals surface area contributed by atoms with E-state index in [-0.39, 0.29) is 5.41 Å². The molecule has 0 saturated carbocycles. The molecule has 12 rings (SSSR count). The monoisotopic (exact) mass is 730 g/mol. The first-order valence-electron chi connectivity index (χ1n) is 20.0. The number of benzene rings is 8. The number of aromatic nitrogens is 1. The highest BCUT2D eigenvalue weighted by molar-refractivity contribution is 6.22. The van der Waals surface area contributed by atoms with Crippen molar-refractivity contribution in [2.24, 2.45) is 4.99 Å². The molecule has 0 radical (unpaired) electrons. The van der Waals surface area contributed by atoms with Gasteiger partial charge in [0.25, 0.3) is 0 Å². The molecule has 0 saturated heterocycles. The Balaban J connectivity index is 1.01. The van der Waals surface area contributed by atoms with Crippen molar-refractivity contribution in [1.82, 2.24) is 4.57 Å². The topological polar surface area (TPSA) is 30.4 Å². The van der Waals surface area contributed by atoms with Crippen LogP contribution >= 0.6 is 0 Å². The molecule has 1 aliphatic carbocycles. The smallest absolute Gasteiger partial charge is 0.136 e. The lowest BCUT2D eigenvalue weighted by Crippen LogP contribution is -2.24. The SMILES string of the molecule is CC1(C)C2=C(CC/C=C(/c3ccc4cc(-n5c6ccccc6c6cc7ccccc7cc65)ccc4c3)N=C2c2ccc3c(c2)oc2ccccc23)c2ccccc21. The van der Waals surface area contributed by atoms with Crippen molar-refractivity contribution >= 4 is 82.3 Å². The van der Waals surface area contributed by atoms with Gasteiger partial charge in [-0.05, 0) is 111 Å². The molecule has 3 nitrogen and oxygen atoms in total. The zero-order valence-corrected chi connectivity index (χ0v) is 31.9. The van der Waals surface area contributed by atoms with E-state index in [1.807, 2.05) is 12.1 Å². The predicted molar refractivity (Wildman–Crippen MR) is 240 cm³/mol. The van der Waals surface area contributed by atoms with Crippen LogP contribution in [0.15, 0.2) is 185 Å². The Hall–Kier alpha value is -6.97. The van der Waals surface area contributed by atoms with Crippen molar-refractivity contribution in [3.8, 4) is 5.69 Å². The molecule has 0 atom stereocenters. The molecule has 3 heteroatoms. The molecule has 10 aromatic rings. The summed E-state index contributed by atoms with van der Waals surface area (Å²) in [6.45, 7) is 4.73. The van der Waals surface area contributed by atoms with Gasteiger partial charge in [0.15, 0.2) is 0 Å². The minimum Gasteiger partial charge on any atom is -0.456 e. The minimum atomic E-state index is -0.213. The van der Waals surface area contributed by atoms with Crippen LogP contribution in [0.25, 0.3) is 82.2 Å². The summed E-state index contributed by atoms with van der Waals surface area (Å²) in [5.41, 5.74) is 14.8. The van der Waals surface area contributed by atoms with Gasteiger partial charge in [0.2, 0.25) is 0 Å². The van der Waals surface area contributed by atoms with Crippen molar-refractivity contribution < 1.29 is 4.42 Å². The van der Waals surface area contributed by atoms with Crippen molar-refractivity contribution in [2.45, 2.75) is 32.1 Å². The molecule has 1 aliphatic heterocycles. The van der Waals surface area contributed by atoms with Crippen molar-refractivity contribution in [1.29, 1.82) is 0 Å². The van der Waals surface area contributed by atoms with Crippen LogP contribution < -0.4 is 0 Å². The number of fused-ring (bicyclic) bond motifs is 10. The van der Waals surface area contributed by atoms with Crippen LogP contribution in [-0.4, -0.2) is 10.3 Å². The van der Waals surface area contributed by atoms with E-state index in [1.54, 1.807) is 0 Å². The van der Waals surface area contributed by atoms with Gasteiger partial charge in [-0.25, -0.2) is 4.99 Å². The fourth-order valence-corrected chi connectivity index (χ4v) is 9.94. The van der Waals surface area contributed by atoms with Crippen LogP contribution in [0.5, 0.6) is 0 Å². The summed E-state index contributed by atoms with van der Waals surface area (Å²) in [5, 5.41) is 9.71. The second-order valence-corrected chi connectivity index (χ2v) is 16.2. The molecule has 2 aromatic heterocycles. The summed E-state index contributed by atoms with van der Waals surface area (Å²) in [4.78, 5) is 5.69. The fraction of sp³-hybridized carbons (Fsp3) is 0.0926. The number of furan rings is 1. The average molecular weight is 731 g/mol. The van der Waals surface area contributed by atoms with E-state index in [9.17, 15) is 0 Å². The summed E-state index contributed by atoms with van der Waals surface area (Å²) >= 11 is 0. The third-order valence-corrected chi connectivity index (χ3v) is 12.6. The number of hydrogen-bond donors (Lipinski definition) is 0. The number of para-hydroxylation sites is 2. The zero-order valence-electron chi connectivity index (χ0n) is 31.9. The normalized spacial score (nSPS) is 16.2. The lowest BCUT2D eigenvalue weighted by molar-refractivity contribution is 0.661. The van der Waals surface area contributed by atoms with Gasteiger partial charge in [-0.3, -0.25) is 0 Å². The highest BCUT2D eigenvalue weighted by Crippen LogP contribution is 2.50. The first kappa shape index (κ1) is 32.3. The van der Waals surface area contributed by atoms with Crippen LogP contribution in [0.3, 0.4) is 0 Å². The van der Waals surface area contributed by atoms with E-state index in [1.165, 1.54) is 65.6 Å². The molecule has 0 spiro atoms. The summed E-state index contributed by atoms with van der Waals surface area (Å²) in [7, 11) is 0. The van der Waals surface area contributed by atoms with E-state index in [4.69, 9.17) is 9.41 Å². The van der Waals surface area contributed by atoms with Crippen LogP contribution in [-0.2, 0) is 5.41 Å². The van der Waals surface area contributed by atoms with Crippen LogP contribution in [0.4, 0.5) is 0 Å². The van der Waals surface area contributed by atoms with Gasteiger partial charge in [-0.1, -0.05) is 129 Å². The van der Waals surface area contributed by atoms with Gasteiger partial charge >= 0.3 is 0 Å². The maximum Gasteiger partial charge on any atom is 0.136 e. The van der Waals surface area contributed by atoms with Crippen LogP contribution in [0, 0.1) is 0 Å². The van der Waals surface area contributed by atoms with Crippen molar-refractivity contribution in [3.63, 3.8) is 0 Å². The summed E-state index contributed by atoms with van der Waals surface area (Å²) in [6, 6.07) is 59.7. The molecule has 57 heavy (non-hydrogen) atoms. The Bertz CT molecular complexity index is 3440. The number of allylic oxidation sites excluding steroid dienone is 3. The largest absolute Gasteiger partial charge is 0.456 e. The Morgan fingerprint density at radius 1 is 0.544 bits per heavy atom. The maximum absolute atomic E-state index is 6.44. The van der Waals surface area contributed by atoms with Gasteiger partial charge in [0, 0.05) is 43.8 Å². The summed E-state index contributed by atoms with van der Waals surface area (Å²) in [5.74, 6) is 0. The number of aliphatic imine (C=N–C) groups is 1. The standard InChI is InChI=1S/C54H38N2O/c1-54(2)46-18-8-5-14-40(46)44-17-11-19-47(55-53(52(44)54)38-25-27-43-42-16-7-10-21-50(42)57-51(43)32-38)37-23-22-36-29-39(26-24-35(36)28-37)56-48-20-9-6-15-41(48)45-30-33-12-3-4-13-34(33)31-49(45)56/h3-10,12-16,18-32H,11,17H2,1-2H3/b47-19-,55-53?. The lowest BCUT2D eigenvalue weighted by atomic mass is 9.77. The molecular weight excluding hydrogens is 693 g/mol. The van der Waals surface area contributed by atoms with Gasteiger partial charge in [0.1, 0.15) is 11.2 Å². The molecule has 270 valence electrons. The third-order valence-electron chi connectivity index (χ3n) is 12.6. The van der Waals surface area contributed by atoms with E-state index in [2.05, 4.69) is 176 Å². The van der Waals surface area contributed by atoms with Crippen molar-refractivity contribution in [3.05, 3.63) is 198 Å². The Morgan fingerprint density at radius 3 is 2.16 bits per heavy atom. The molecule has 8 aromatic carbocycles. The lowest BCUT2D eigenvalue weighted by Gasteiger charge is -2.27. The van der Waals surface area contributed by atoms with Gasteiger partial charge in [-0.2, -0.15) is 0 Å². The highest BCUT2D eigenvalue weighted by atomic mass is 16.3. The maximum atomic E-state index is 6.44. The number of hydrogen-bond acceptors (Lipinski definition) is 2. The molecule has 0 bridgehead atoms. The van der Waals surface area contributed by atoms with Gasteiger partial charge in [-0.15, -0.1) is 0 Å². The second kappa shape index (κ2) is 12.0. The molecule has 2 aliphatic rings. The third kappa shape index (κ3) is 4.82. The first-order chi connectivity index (χ1) is 28.0. The molecule has 0 N–H and O–H groups in total. The van der Waals surface area contributed by atoms with Crippen molar-refractivity contribution in [2.75, 3.05) is 0 Å². The van der Waals surface area contributed by atoms with Gasteiger partial charge < -0.3 is 8.98 Å². The molecule has 0 amide bonds. The Kier molecular flexibility index (Phi) is 6.81. The van der Waals surface area contributed by atoms with E-state index < -0.39 is 0 Å². The highest BCUT2D eigenvalue weighted by Gasteiger charge is 2.40. The quantitative estimate of drug-likeness (QED) is 0.178. The zero-order chi connectivity index (χ0) is 37.8. The molecular formula is C54H38N2O. The number of rotatable bonds is 3. The molecule has 0 fully saturated rings. The van der Waals surface area contributed by atoms with E-state index in [0.717, 1.165) is 63.0 Å². The minimum absolute atomic E-state index is 0.213. The van der Waals surface area contributed by atoms with E-state index in [0.29, 0.717) is 0 Å². The molecule has 3 heterocycles. The van der Waals surface area contributed by atoms with E-state index >= 15 is 0 Å². The van der Waals surface area contributed by atoms with Crippen LogP contribution in [0.1, 0.15) is 48.9 Å². The predicted octanol–water partition coefficient (Wildman–Crippen LogP) is 14.4. The Morgan fingerprint density at radius 2 is 1.25 bits per heavy atom. The molecule has 0 unspecified atom stereocenters. The second-order valence-electron chi connectivity index (χ2n) is 16.2. The number of nitrogens with zero attached hydrogens (tertiary/aromatic N) is 2. The van der Waals surface area contributed by atoms with Crippen LogP contribution in [0.2, 0.25) is 0 Å². The fourth-order valence-electron chi connectivity index (χ4n) is 9.94. The Labute approximate surface area is 330 Å². The average Bonchev–Trinajstić information content (AvgIpc) is 3.84. The van der Waals surface area contributed by atoms with Gasteiger partial charge in [0.05, 0.1) is 22.4 Å². The summed E-state index contributed by atoms with van der Waals surface area (Å²) in [6.07, 6.45) is 4.21.